The summed E-state index contributed by atoms with van der Waals surface area (Å²) in [6.07, 6.45) is 3.23. The second-order valence-corrected chi connectivity index (χ2v) is 4.65. The Balaban J connectivity index is 2.16. The fraction of sp³-hybridized carbons (Fsp3) is 0.917. The molecule has 15 heavy (non-hydrogen) atoms. The first-order chi connectivity index (χ1) is 7.09. The van der Waals surface area contributed by atoms with Gasteiger partial charge in [0.2, 0.25) is 0 Å². The number of carbonyl (C=O) groups is 1. The number of ketones is 1. The lowest BCUT2D eigenvalue weighted by molar-refractivity contribution is -0.117. The highest BCUT2D eigenvalue weighted by Crippen LogP contribution is 2.12. The average molecular weight is 213 g/mol. The summed E-state index contributed by atoms with van der Waals surface area (Å²) in [7, 11) is 0. The third-order valence-electron chi connectivity index (χ3n) is 2.96. The van der Waals surface area contributed by atoms with Crippen molar-refractivity contribution in [3.05, 3.63) is 0 Å². The van der Waals surface area contributed by atoms with Crippen LogP contribution in [0, 0.1) is 0 Å². The second kappa shape index (κ2) is 6.23. The molecule has 1 fully saturated rings. The third kappa shape index (κ3) is 4.76. The maximum Gasteiger partial charge on any atom is 0.129 e. The van der Waals surface area contributed by atoms with Crippen LogP contribution in [0.2, 0.25) is 0 Å². The van der Waals surface area contributed by atoms with Gasteiger partial charge in [0.05, 0.1) is 12.7 Å². The molecule has 2 atom stereocenters. The minimum atomic E-state index is 0.304. The Labute approximate surface area is 92.8 Å². The van der Waals surface area contributed by atoms with Gasteiger partial charge < -0.3 is 9.53 Å². The highest BCUT2D eigenvalue weighted by Gasteiger charge is 2.22. The van der Waals surface area contributed by atoms with Crippen LogP contribution in [0.1, 0.15) is 40.0 Å². The smallest absolute Gasteiger partial charge is 0.129 e. The number of nitrogens with zero attached hydrogens (tertiary/aromatic N) is 1. The molecule has 0 radical (unpaired) electrons. The van der Waals surface area contributed by atoms with E-state index in [9.17, 15) is 4.79 Å². The molecule has 1 aliphatic heterocycles. The van der Waals surface area contributed by atoms with E-state index in [2.05, 4.69) is 18.7 Å². The van der Waals surface area contributed by atoms with Crippen molar-refractivity contribution in [2.24, 2.45) is 0 Å². The van der Waals surface area contributed by atoms with Crippen molar-refractivity contribution < 1.29 is 9.53 Å². The Morgan fingerprint density at radius 3 is 2.80 bits per heavy atom. The molecule has 0 spiro atoms. The van der Waals surface area contributed by atoms with Gasteiger partial charge in [0.1, 0.15) is 5.78 Å². The van der Waals surface area contributed by atoms with Gasteiger partial charge in [0.25, 0.3) is 0 Å². The number of ether oxygens (including phenoxy) is 1. The Morgan fingerprint density at radius 2 is 2.13 bits per heavy atom. The molecule has 0 saturated carbocycles. The summed E-state index contributed by atoms with van der Waals surface area (Å²) in [5.74, 6) is 0.304. The van der Waals surface area contributed by atoms with E-state index in [4.69, 9.17) is 4.74 Å². The molecule has 0 amide bonds. The zero-order valence-corrected chi connectivity index (χ0v) is 10.2. The lowest BCUT2D eigenvalue weighted by Gasteiger charge is -2.36. The molecule has 3 nitrogen and oxygen atoms in total. The van der Waals surface area contributed by atoms with Gasteiger partial charge in [-0.05, 0) is 40.2 Å². The minimum Gasteiger partial charge on any atom is -0.376 e. The number of hydrogen-bond donors (Lipinski definition) is 0. The van der Waals surface area contributed by atoms with Crippen LogP contribution >= 0.6 is 0 Å². The summed E-state index contributed by atoms with van der Waals surface area (Å²) in [4.78, 5) is 13.2. The lowest BCUT2D eigenvalue weighted by atomic mass is 10.1. The SMILES string of the molecule is CC(=O)CCCCN1CC(C)OCC1C. The zero-order valence-electron chi connectivity index (χ0n) is 10.2. The summed E-state index contributed by atoms with van der Waals surface area (Å²) in [6.45, 7) is 8.96. The Hall–Kier alpha value is -0.410. The largest absolute Gasteiger partial charge is 0.376 e. The van der Waals surface area contributed by atoms with Crippen LogP contribution in [-0.2, 0) is 9.53 Å². The standard InChI is InChI=1S/C12H23NO2/c1-10-9-15-12(3)8-13(10)7-5-4-6-11(2)14/h10,12H,4-9H2,1-3H3. The molecule has 1 saturated heterocycles. The van der Waals surface area contributed by atoms with Crippen LogP contribution < -0.4 is 0 Å². The van der Waals surface area contributed by atoms with Crippen LogP contribution in [0.3, 0.4) is 0 Å². The van der Waals surface area contributed by atoms with Crippen molar-refractivity contribution in [3.8, 4) is 0 Å². The van der Waals surface area contributed by atoms with E-state index >= 15 is 0 Å². The summed E-state index contributed by atoms with van der Waals surface area (Å²) < 4.78 is 5.57. The molecular formula is C12H23NO2. The van der Waals surface area contributed by atoms with E-state index < -0.39 is 0 Å². The highest BCUT2D eigenvalue weighted by molar-refractivity contribution is 5.75. The van der Waals surface area contributed by atoms with E-state index in [0.717, 1.165) is 39.0 Å². The molecule has 1 aliphatic rings. The number of morpholine rings is 1. The Bertz CT molecular complexity index is 206. The molecule has 88 valence electrons. The van der Waals surface area contributed by atoms with E-state index in [1.807, 2.05) is 0 Å². The van der Waals surface area contributed by atoms with Crippen molar-refractivity contribution in [2.75, 3.05) is 19.7 Å². The zero-order chi connectivity index (χ0) is 11.3. The van der Waals surface area contributed by atoms with Gasteiger partial charge in [-0.15, -0.1) is 0 Å². The minimum absolute atomic E-state index is 0.304. The number of hydrogen-bond acceptors (Lipinski definition) is 3. The molecule has 0 aromatic heterocycles. The van der Waals surface area contributed by atoms with Gasteiger partial charge in [-0.2, -0.15) is 0 Å². The fourth-order valence-electron chi connectivity index (χ4n) is 1.97. The second-order valence-electron chi connectivity index (χ2n) is 4.65. The average Bonchev–Trinajstić information content (AvgIpc) is 2.17. The van der Waals surface area contributed by atoms with Crippen LogP contribution in [-0.4, -0.2) is 42.5 Å². The molecular weight excluding hydrogens is 190 g/mol. The summed E-state index contributed by atoms with van der Waals surface area (Å²) in [5, 5.41) is 0. The number of rotatable bonds is 5. The van der Waals surface area contributed by atoms with Crippen LogP contribution in [0.5, 0.6) is 0 Å². The topological polar surface area (TPSA) is 29.5 Å². The molecule has 0 aromatic rings. The maximum absolute atomic E-state index is 10.8. The van der Waals surface area contributed by atoms with Crippen LogP contribution in [0.25, 0.3) is 0 Å². The van der Waals surface area contributed by atoms with Crippen molar-refractivity contribution in [1.29, 1.82) is 0 Å². The van der Waals surface area contributed by atoms with E-state index in [1.165, 1.54) is 0 Å². The molecule has 1 heterocycles. The van der Waals surface area contributed by atoms with Gasteiger partial charge in [0.15, 0.2) is 0 Å². The molecule has 0 aromatic carbocycles. The van der Waals surface area contributed by atoms with Gasteiger partial charge in [-0.25, -0.2) is 0 Å². The van der Waals surface area contributed by atoms with Gasteiger partial charge >= 0.3 is 0 Å². The van der Waals surface area contributed by atoms with E-state index in [1.54, 1.807) is 6.92 Å². The normalized spacial score (nSPS) is 27.9. The molecule has 1 rings (SSSR count). The summed E-state index contributed by atoms with van der Waals surface area (Å²) in [5.41, 5.74) is 0. The Morgan fingerprint density at radius 1 is 1.40 bits per heavy atom. The molecule has 0 aliphatic carbocycles. The number of carbonyl (C=O) groups excluding carboxylic acids is 1. The van der Waals surface area contributed by atoms with Gasteiger partial charge in [0, 0.05) is 19.0 Å². The Kier molecular flexibility index (Phi) is 5.26. The number of Topliss-reactive ketones (excluding diaryl/α,β-unsaturated/α-hetero) is 1. The van der Waals surface area contributed by atoms with Crippen LogP contribution in [0.4, 0.5) is 0 Å². The summed E-state index contributed by atoms with van der Waals surface area (Å²) >= 11 is 0. The lowest BCUT2D eigenvalue weighted by Crippen LogP contribution is -2.47. The van der Waals surface area contributed by atoms with Crippen molar-refractivity contribution in [1.82, 2.24) is 4.90 Å². The fourth-order valence-corrected chi connectivity index (χ4v) is 1.97. The third-order valence-corrected chi connectivity index (χ3v) is 2.96. The molecule has 2 unspecified atom stereocenters. The van der Waals surface area contributed by atoms with Crippen molar-refractivity contribution >= 4 is 5.78 Å². The van der Waals surface area contributed by atoms with Crippen LogP contribution in [0.15, 0.2) is 0 Å². The van der Waals surface area contributed by atoms with Gasteiger partial charge in [-0.3, -0.25) is 4.90 Å². The molecule has 0 N–H and O–H groups in total. The quantitative estimate of drug-likeness (QED) is 0.653. The monoisotopic (exact) mass is 213 g/mol. The predicted molar refractivity (Wildman–Crippen MR) is 61.0 cm³/mol. The molecule has 0 bridgehead atoms. The van der Waals surface area contributed by atoms with Crippen molar-refractivity contribution in [2.45, 2.75) is 52.2 Å². The molecule has 3 heteroatoms. The first-order valence-corrected chi connectivity index (χ1v) is 5.94. The predicted octanol–water partition coefficient (Wildman–Crippen LogP) is 1.85. The first-order valence-electron chi connectivity index (χ1n) is 5.94. The first kappa shape index (κ1) is 12.7. The summed E-state index contributed by atoms with van der Waals surface area (Å²) in [6, 6.07) is 0.526. The maximum atomic E-state index is 10.8. The number of unbranched alkanes of at least 4 members (excludes halogenated alkanes) is 1. The highest BCUT2D eigenvalue weighted by atomic mass is 16.5. The van der Waals surface area contributed by atoms with E-state index in [-0.39, 0.29) is 0 Å². The van der Waals surface area contributed by atoms with E-state index in [0.29, 0.717) is 17.9 Å². The van der Waals surface area contributed by atoms with Crippen molar-refractivity contribution in [3.63, 3.8) is 0 Å². The van der Waals surface area contributed by atoms with Gasteiger partial charge in [-0.1, -0.05) is 0 Å².